The van der Waals surface area contributed by atoms with E-state index < -0.39 is 0 Å². The van der Waals surface area contributed by atoms with Gasteiger partial charge in [0.2, 0.25) is 0 Å². The van der Waals surface area contributed by atoms with E-state index >= 15 is 0 Å². The third-order valence-electron chi connectivity index (χ3n) is 3.07. The van der Waals surface area contributed by atoms with Crippen molar-refractivity contribution in [3.63, 3.8) is 0 Å². The van der Waals surface area contributed by atoms with Crippen molar-refractivity contribution in [1.29, 1.82) is 0 Å². The molecule has 0 atom stereocenters. The molecule has 20 heavy (non-hydrogen) atoms. The molecule has 1 N–H and O–H groups in total. The van der Waals surface area contributed by atoms with Gasteiger partial charge in [0.05, 0.1) is 10.0 Å². The minimum Gasteiger partial charge on any atom is -0.361 e. The lowest BCUT2D eigenvalue weighted by Gasteiger charge is -1.98. The molecular weight excluding hydrogens is 313 g/mol. The molecule has 3 aromatic rings. The molecular formula is C16H10Cl3N. The predicted molar refractivity (Wildman–Crippen MR) is 88.7 cm³/mol. The maximum absolute atomic E-state index is 6.03. The second-order valence-electron chi connectivity index (χ2n) is 4.44. The molecule has 0 bridgehead atoms. The van der Waals surface area contributed by atoms with Crippen LogP contribution in [0.2, 0.25) is 15.1 Å². The van der Waals surface area contributed by atoms with E-state index in [1.165, 1.54) is 0 Å². The fraction of sp³-hybridized carbons (Fsp3) is 0. The van der Waals surface area contributed by atoms with Gasteiger partial charge < -0.3 is 4.98 Å². The lowest BCUT2D eigenvalue weighted by Crippen LogP contribution is -1.74. The SMILES string of the molecule is Clc1ccc2[nH]cc(/C=C/c3ccc(Cl)c(Cl)c3)c2c1. The van der Waals surface area contributed by atoms with E-state index in [0.29, 0.717) is 10.0 Å². The van der Waals surface area contributed by atoms with Crippen molar-refractivity contribution < 1.29 is 0 Å². The van der Waals surface area contributed by atoms with Crippen LogP contribution in [0.3, 0.4) is 0 Å². The van der Waals surface area contributed by atoms with Crippen molar-refractivity contribution >= 4 is 57.9 Å². The van der Waals surface area contributed by atoms with Crippen molar-refractivity contribution in [3.8, 4) is 0 Å². The molecule has 0 unspecified atom stereocenters. The van der Waals surface area contributed by atoms with E-state index in [0.717, 1.165) is 27.1 Å². The van der Waals surface area contributed by atoms with Crippen LogP contribution in [0.25, 0.3) is 23.1 Å². The van der Waals surface area contributed by atoms with Gasteiger partial charge in [-0.05, 0) is 41.5 Å². The van der Waals surface area contributed by atoms with Gasteiger partial charge >= 0.3 is 0 Å². The minimum absolute atomic E-state index is 0.552. The van der Waals surface area contributed by atoms with E-state index in [9.17, 15) is 0 Å². The maximum atomic E-state index is 6.03. The second-order valence-corrected chi connectivity index (χ2v) is 5.69. The zero-order chi connectivity index (χ0) is 14.1. The van der Waals surface area contributed by atoms with Crippen molar-refractivity contribution in [3.05, 3.63) is 68.8 Å². The molecule has 0 spiro atoms. The smallest absolute Gasteiger partial charge is 0.0598 e. The first kappa shape index (κ1) is 13.6. The van der Waals surface area contributed by atoms with Crippen LogP contribution in [-0.2, 0) is 0 Å². The number of fused-ring (bicyclic) bond motifs is 1. The molecule has 3 rings (SSSR count). The van der Waals surface area contributed by atoms with Gasteiger partial charge in [0.15, 0.2) is 0 Å². The number of hydrogen-bond donors (Lipinski definition) is 1. The van der Waals surface area contributed by atoms with Gasteiger partial charge in [0, 0.05) is 22.1 Å². The van der Waals surface area contributed by atoms with Crippen molar-refractivity contribution in [2.24, 2.45) is 0 Å². The third-order valence-corrected chi connectivity index (χ3v) is 4.05. The van der Waals surface area contributed by atoms with E-state index in [4.69, 9.17) is 34.8 Å². The summed E-state index contributed by atoms with van der Waals surface area (Å²) in [4.78, 5) is 3.22. The Balaban J connectivity index is 1.97. The van der Waals surface area contributed by atoms with Gasteiger partial charge in [-0.3, -0.25) is 0 Å². The van der Waals surface area contributed by atoms with E-state index in [1.54, 1.807) is 6.07 Å². The molecule has 0 saturated heterocycles. The van der Waals surface area contributed by atoms with Crippen LogP contribution >= 0.6 is 34.8 Å². The number of halogens is 3. The average molecular weight is 323 g/mol. The highest BCUT2D eigenvalue weighted by molar-refractivity contribution is 6.42. The monoisotopic (exact) mass is 321 g/mol. The zero-order valence-electron chi connectivity index (χ0n) is 10.3. The Hall–Kier alpha value is -1.41. The Kier molecular flexibility index (Phi) is 3.75. The van der Waals surface area contributed by atoms with Gasteiger partial charge in [-0.15, -0.1) is 0 Å². The molecule has 1 aromatic heterocycles. The van der Waals surface area contributed by atoms with Gasteiger partial charge in [0.1, 0.15) is 0 Å². The molecule has 2 aromatic carbocycles. The van der Waals surface area contributed by atoms with Crippen LogP contribution in [0.1, 0.15) is 11.1 Å². The van der Waals surface area contributed by atoms with E-state index in [-0.39, 0.29) is 0 Å². The highest BCUT2D eigenvalue weighted by Gasteiger charge is 2.02. The lowest BCUT2D eigenvalue weighted by atomic mass is 10.1. The Bertz CT molecular complexity index is 803. The van der Waals surface area contributed by atoms with Crippen LogP contribution < -0.4 is 0 Å². The summed E-state index contributed by atoms with van der Waals surface area (Å²) < 4.78 is 0. The summed E-state index contributed by atoms with van der Waals surface area (Å²) in [5.41, 5.74) is 3.13. The number of hydrogen-bond acceptors (Lipinski definition) is 0. The number of H-pyrrole nitrogens is 1. The quantitative estimate of drug-likeness (QED) is 0.570. The predicted octanol–water partition coefficient (Wildman–Crippen LogP) is 6.30. The topological polar surface area (TPSA) is 15.8 Å². The minimum atomic E-state index is 0.552. The maximum Gasteiger partial charge on any atom is 0.0598 e. The zero-order valence-corrected chi connectivity index (χ0v) is 12.6. The highest BCUT2D eigenvalue weighted by atomic mass is 35.5. The fourth-order valence-electron chi connectivity index (χ4n) is 2.05. The molecule has 0 aliphatic rings. The Morgan fingerprint density at radius 2 is 1.70 bits per heavy atom. The summed E-state index contributed by atoms with van der Waals surface area (Å²) in [5.74, 6) is 0. The fourth-order valence-corrected chi connectivity index (χ4v) is 2.53. The first-order valence-electron chi connectivity index (χ1n) is 6.03. The molecule has 0 aliphatic carbocycles. The molecule has 1 heterocycles. The van der Waals surface area contributed by atoms with Gasteiger partial charge in [-0.1, -0.05) is 53.0 Å². The largest absolute Gasteiger partial charge is 0.361 e. The van der Waals surface area contributed by atoms with Gasteiger partial charge in [-0.2, -0.15) is 0 Å². The highest BCUT2D eigenvalue weighted by Crippen LogP contribution is 2.26. The summed E-state index contributed by atoms with van der Waals surface area (Å²) in [6.07, 6.45) is 5.97. The van der Waals surface area contributed by atoms with E-state index in [1.807, 2.05) is 48.7 Å². The molecule has 0 saturated carbocycles. The van der Waals surface area contributed by atoms with Crippen LogP contribution in [-0.4, -0.2) is 4.98 Å². The Morgan fingerprint density at radius 3 is 2.50 bits per heavy atom. The molecule has 0 radical (unpaired) electrons. The van der Waals surface area contributed by atoms with Crippen LogP contribution in [0.5, 0.6) is 0 Å². The summed E-state index contributed by atoms with van der Waals surface area (Å²) in [5, 5.41) is 2.92. The second kappa shape index (κ2) is 5.53. The average Bonchev–Trinajstić information content (AvgIpc) is 2.82. The molecule has 4 heteroatoms. The molecule has 0 fully saturated rings. The normalized spacial score (nSPS) is 11.6. The Morgan fingerprint density at radius 1 is 0.850 bits per heavy atom. The molecule has 0 aliphatic heterocycles. The van der Waals surface area contributed by atoms with Crippen molar-refractivity contribution in [2.45, 2.75) is 0 Å². The number of rotatable bonds is 2. The molecule has 0 amide bonds. The summed E-state index contributed by atoms with van der Waals surface area (Å²) >= 11 is 17.9. The van der Waals surface area contributed by atoms with Crippen molar-refractivity contribution in [1.82, 2.24) is 4.98 Å². The summed E-state index contributed by atoms with van der Waals surface area (Å²) in [6, 6.07) is 11.3. The number of aromatic amines is 1. The van der Waals surface area contributed by atoms with E-state index in [2.05, 4.69) is 4.98 Å². The lowest BCUT2D eigenvalue weighted by molar-refractivity contribution is 1.47. The summed E-state index contributed by atoms with van der Waals surface area (Å²) in [6.45, 7) is 0. The Labute approximate surface area is 131 Å². The van der Waals surface area contributed by atoms with Crippen LogP contribution in [0, 0.1) is 0 Å². The first-order valence-corrected chi connectivity index (χ1v) is 7.16. The summed E-state index contributed by atoms with van der Waals surface area (Å²) in [7, 11) is 0. The number of nitrogens with one attached hydrogen (secondary N) is 1. The standard InChI is InChI=1S/C16H10Cl3N/c17-12-4-6-16-13(8-12)11(9-20-16)3-1-10-2-5-14(18)15(19)7-10/h1-9,20H/b3-1+. The molecule has 1 nitrogen and oxygen atoms in total. The van der Waals surface area contributed by atoms with Crippen LogP contribution in [0.4, 0.5) is 0 Å². The third kappa shape index (κ3) is 2.71. The first-order chi connectivity index (χ1) is 9.63. The van der Waals surface area contributed by atoms with Crippen LogP contribution in [0.15, 0.2) is 42.6 Å². The van der Waals surface area contributed by atoms with Gasteiger partial charge in [0.25, 0.3) is 0 Å². The van der Waals surface area contributed by atoms with Crippen molar-refractivity contribution in [2.75, 3.05) is 0 Å². The molecule has 100 valence electrons. The number of benzene rings is 2. The number of aromatic nitrogens is 1. The van der Waals surface area contributed by atoms with Gasteiger partial charge in [-0.25, -0.2) is 0 Å².